The fraction of sp³-hybridized carbons (Fsp3) is 0.588. The second-order valence-electron chi connectivity index (χ2n) is 6.38. The van der Waals surface area contributed by atoms with Gasteiger partial charge in [-0.2, -0.15) is 0 Å². The van der Waals surface area contributed by atoms with Crippen molar-refractivity contribution in [2.45, 2.75) is 50.1 Å². The number of nitrogens with two attached hydrogens (primary N) is 1. The zero-order chi connectivity index (χ0) is 15.6. The Hall–Kier alpha value is -0.910. The summed E-state index contributed by atoms with van der Waals surface area (Å²) in [6.45, 7) is 1.14. The minimum atomic E-state index is -0.778. The smallest absolute Gasteiger partial charge is 0.240 e. The molecule has 1 aromatic rings. The van der Waals surface area contributed by atoms with Crippen molar-refractivity contribution in [3.05, 3.63) is 33.8 Å². The van der Waals surface area contributed by atoms with Gasteiger partial charge in [0.05, 0.1) is 11.6 Å². The summed E-state index contributed by atoms with van der Waals surface area (Å²) < 4.78 is 6.42. The van der Waals surface area contributed by atoms with Crippen LogP contribution in [0, 0.1) is 0 Å². The highest BCUT2D eigenvalue weighted by atomic mass is 79.9. The van der Waals surface area contributed by atoms with Gasteiger partial charge in [-0.05, 0) is 55.4 Å². The molecule has 3 rings (SSSR count). The van der Waals surface area contributed by atoms with E-state index in [0.29, 0.717) is 26.1 Å². The van der Waals surface area contributed by atoms with Crippen LogP contribution in [0.3, 0.4) is 0 Å². The third-order valence-electron chi connectivity index (χ3n) is 4.81. The largest absolute Gasteiger partial charge is 0.381 e. The number of fused-ring (bicyclic) bond motifs is 1. The van der Waals surface area contributed by atoms with Crippen LogP contribution in [0.5, 0.6) is 0 Å². The molecule has 1 saturated heterocycles. The Kier molecular flexibility index (Phi) is 4.85. The van der Waals surface area contributed by atoms with Gasteiger partial charge in [0.25, 0.3) is 0 Å². The third kappa shape index (κ3) is 3.36. The van der Waals surface area contributed by atoms with Crippen LogP contribution >= 0.6 is 15.9 Å². The molecule has 1 heterocycles. The number of amides is 1. The third-order valence-corrected chi connectivity index (χ3v) is 5.31. The van der Waals surface area contributed by atoms with Crippen molar-refractivity contribution in [2.24, 2.45) is 5.73 Å². The molecule has 0 radical (unpaired) electrons. The highest BCUT2D eigenvalue weighted by Gasteiger charge is 2.37. The number of hydrogen-bond acceptors (Lipinski definition) is 3. The first-order valence-corrected chi connectivity index (χ1v) is 8.84. The van der Waals surface area contributed by atoms with Crippen LogP contribution in [0.1, 0.15) is 49.3 Å². The molecule has 2 aliphatic rings. The maximum atomic E-state index is 12.7. The Balaban J connectivity index is 1.78. The molecular weight excluding hydrogens is 344 g/mol. The van der Waals surface area contributed by atoms with E-state index in [2.05, 4.69) is 39.4 Å². The monoisotopic (exact) mass is 366 g/mol. The van der Waals surface area contributed by atoms with E-state index in [1.54, 1.807) is 0 Å². The summed E-state index contributed by atoms with van der Waals surface area (Å²) >= 11 is 3.54. The van der Waals surface area contributed by atoms with Crippen molar-refractivity contribution in [1.82, 2.24) is 5.32 Å². The van der Waals surface area contributed by atoms with Crippen molar-refractivity contribution >= 4 is 21.8 Å². The quantitative estimate of drug-likeness (QED) is 0.790. The molecule has 1 unspecified atom stereocenters. The van der Waals surface area contributed by atoms with Gasteiger partial charge in [0, 0.05) is 17.7 Å². The molecule has 4 nitrogen and oxygen atoms in total. The van der Waals surface area contributed by atoms with Crippen LogP contribution < -0.4 is 11.1 Å². The minimum Gasteiger partial charge on any atom is -0.381 e. The first-order valence-electron chi connectivity index (χ1n) is 8.04. The van der Waals surface area contributed by atoms with E-state index in [1.807, 2.05) is 0 Å². The average molecular weight is 367 g/mol. The van der Waals surface area contributed by atoms with Crippen LogP contribution in [0.4, 0.5) is 0 Å². The van der Waals surface area contributed by atoms with Gasteiger partial charge >= 0.3 is 0 Å². The number of ether oxygens (including phenoxy) is 1. The summed E-state index contributed by atoms with van der Waals surface area (Å²) in [7, 11) is 0. The van der Waals surface area contributed by atoms with E-state index in [9.17, 15) is 4.79 Å². The molecule has 1 aromatic carbocycles. The molecule has 1 aliphatic heterocycles. The van der Waals surface area contributed by atoms with Crippen LogP contribution in [0.25, 0.3) is 0 Å². The summed E-state index contributed by atoms with van der Waals surface area (Å²) in [6.07, 6.45) is 5.53. The number of benzene rings is 1. The summed E-state index contributed by atoms with van der Waals surface area (Å²) in [5, 5.41) is 3.21. The molecule has 120 valence electrons. The molecule has 0 saturated carbocycles. The number of rotatable bonds is 2. The lowest BCUT2D eigenvalue weighted by Gasteiger charge is -2.33. The fourth-order valence-corrected chi connectivity index (χ4v) is 3.77. The second kappa shape index (κ2) is 6.69. The predicted octanol–water partition coefficient (Wildman–Crippen LogP) is 2.84. The van der Waals surface area contributed by atoms with Crippen LogP contribution in [-0.4, -0.2) is 24.7 Å². The lowest BCUT2D eigenvalue weighted by Crippen LogP contribution is -2.57. The van der Waals surface area contributed by atoms with Gasteiger partial charge in [0.1, 0.15) is 0 Å². The van der Waals surface area contributed by atoms with E-state index in [0.717, 1.165) is 30.2 Å². The second-order valence-corrected chi connectivity index (χ2v) is 7.30. The van der Waals surface area contributed by atoms with E-state index in [1.165, 1.54) is 11.1 Å². The van der Waals surface area contributed by atoms with Crippen LogP contribution in [-0.2, 0) is 16.0 Å². The molecule has 22 heavy (non-hydrogen) atoms. The summed E-state index contributed by atoms with van der Waals surface area (Å²) in [6, 6.07) is 6.42. The van der Waals surface area contributed by atoms with Crippen LogP contribution in [0.2, 0.25) is 0 Å². The van der Waals surface area contributed by atoms with Crippen molar-refractivity contribution in [3.63, 3.8) is 0 Å². The van der Waals surface area contributed by atoms with Gasteiger partial charge < -0.3 is 15.8 Å². The highest BCUT2D eigenvalue weighted by Crippen LogP contribution is 2.31. The lowest BCUT2D eigenvalue weighted by atomic mass is 9.89. The number of carbonyl (C=O) groups excluding carboxylic acids is 1. The normalized spacial score (nSPS) is 24.2. The molecular formula is C17H23BrN2O2. The molecule has 1 atom stereocenters. The van der Waals surface area contributed by atoms with Crippen molar-refractivity contribution in [3.8, 4) is 0 Å². The van der Waals surface area contributed by atoms with Crippen molar-refractivity contribution < 1.29 is 9.53 Å². The molecule has 0 spiro atoms. The SMILES string of the molecule is NC1(C(=O)NC2CCCCc3cc(Br)ccc32)CCOCC1. The number of nitrogens with one attached hydrogen (secondary N) is 1. The molecule has 1 aliphatic carbocycles. The van der Waals surface area contributed by atoms with Gasteiger partial charge in [0.2, 0.25) is 5.91 Å². The zero-order valence-corrected chi connectivity index (χ0v) is 14.3. The van der Waals surface area contributed by atoms with Gasteiger partial charge in [-0.15, -0.1) is 0 Å². The van der Waals surface area contributed by atoms with E-state index in [-0.39, 0.29) is 11.9 Å². The number of halogens is 1. The summed E-state index contributed by atoms with van der Waals surface area (Å²) in [5.74, 6) is -0.0310. The zero-order valence-electron chi connectivity index (χ0n) is 12.7. The first-order chi connectivity index (χ1) is 10.6. The highest BCUT2D eigenvalue weighted by molar-refractivity contribution is 9.10. The predicted molar refractivity (Wildman–Crippen MR) is 89.6 cm³/mol. The Morgan fingerprint density at radius 3 is 2.86 bits per heavy atom. The Bertz CT molecular complexity index is 556. The average Bonchev–Trinajstić information content (AvgIpc) is 2.70. The molecule has 3 N–H and O–H groups in total. The van der Waals surface area contributed by atoms with Gasteiger partial charge in [-0.1, -0.05) is 28.4 Å². The number of aryl methyl sites for hydroxylation is 1. The first kappa shape index (κ1) is 16.0. The fourth-order valence-electron chi connectivity index (χ4n) is 3.36. The number of hydrogen-bond donors (Lipinski definition) is 2. The molecule has 1 fully saturated rings. The summed E-state index contributed by atoms with van der Waals surface area (Å²) in [5.41, 5.74) is 8.10. The van der Waals surface area contributed by atoms with Crippen molar-refractivity contribution in [2.75, 3.05) is 13.2 Å². The molecule has 0 aromatic heterocycles. The van der Waals surface area contributed by atoms with Crippen molar-refractivity contribution in [1.29, 1.82) is 0 Å². The summed E-state index contributed by atoms with van der Waals surface area (Å²) in [4.78, 5) is 12.7. The lowest BCUT2D eigenvalue weighted by molar-refractivity contribution is -0.130. The number of carbonyl (C=O) groups is 1. The van der Waals surface area contributed by atoms with Gasteiger partial charge in [-0.3, -0.25) is 4.79 Å². The van der Waals surface area contributed by atoms with Crippen LogP contribution in [0.15, 0.2) is 22.7 Å². The van der Waals surface area contributed by atoms with E-state index < -0.39 is 5.54 Å². The molecule has 5 heteroatoms. The van der Waals surface area contributed by atoms with E-state index in [4.69, 9.17) is 10.5 Å². The maximum Gasteiger partial charge on any atom is 0.240 e. The van der Waals surface area contributed by atoms with E-state index >= 15 is 0 Å². The van der Waals surface area contributed by atoms with Gasteiger partial charge in [0.15, 0.2) is 0 Å². The Morgan fingerprint density at radius 1 is 1.32 bits per heavy atom. The molecule has 1 amide bonds. The molecule has 0 bridgehead atoms. The minimum absolute atomic E-state index is 0.0310. The Labute approximate surface area is 139 Å². The maximum absolute atomic E-state index is 12.7. The standard InChI is InChI=1S/C17H23BrN2O2/c18-13-5-6-14-12(11-13)3-1-2-4-15(14)20-16(21)17(19)7-9-22-10-8-17/h5-6,11,15H,1-4,7-10,19H2,(H,20,21). The van der Waals surface area contributed by atoms with Gasteiger partial charge in [-0.25, -0.2) is 0 Å². The Morgan fingerprint density at radius 2 is 2.09 bits per heavy atom. The topological polar surface area (TPSA) is 64.4 Å².